The van der Waals surface area contributed by atoms with Crippen LogP contribution in [0.4, 0.5) is 0 Å². The third-order valence-corrected chi connectivity index (χ3v) is 5.96. The lowest BCUT2D eigenvalue weighted by atomic mass is 10.0. The lowest BCUT2D eigenvalue weighted by Crippen LogP contribution is -2.20. The first kappa shape index (κ1) is 25.1. The number of aromatic nitrogens is 8. The lowest BCUT2D eigenvalue weighted by Gasteiger charge is -2.15. The van der Waals surface area contributed by atoms with Crippen LogP contribution in [-0.4, -0.2) is 59.7 Å². The number of hydrogen-bond acceptors (Lipinski definition) is 9. The molecule has 12 nitrogen and oxygen atoms in total. The van der Waals surface area contributed by atoms with Gasteiger partial charge in [-0.3, -0.25) is 4.79 Å². The van der Waals surface area contributed by atoms with Crippen LogP contribution in [0.25, 0.3) is 22.5 Å². The fourth-order valence-corrected chi connectivity index (χ4v) is 4.13. The lowest BCUT2D eigenvalue weighted by molar-refractivity contribution is 0.0594. The fourth-order valence-electron chi connectivity index (χ4n) is 3.83. The van der Waals surface area contributed by atoms with Gasteiger partial charge >= 0.3 is 5.97 Å². The number of methoxy groups -OCH3 is 2. The van der Waals surface area contributed by atoms with Crippen LogP contribution in [0.2, 0.25) is 10.2 Å². The highest BCUT2D eigenvalue weighted by molar-refractivity contribution is 6.31. The summed E-state index contributed by atoms with van der Waals surface area (Å²) in [5.74, 6) is -0.199. The Bertz CT molecular complexity index is 1710. The van der Waals surface area contributed by atoms with Gasteiger partial charge in [-0.25, -0.2) is 19.1 Å². The molecule has 0 aliphatic rings. The van der Waals surface area contributed by atoms with Crippen molar-refractivity contribution in [1.29, 1.82) is 0 Å². The Labute approximate surface area is 225 Å². The normalized spacial score (nSPS) is 10.9. The zero-order valence-corrected chi connectivity index (χ0v) is 21.5. The second-order valence-corrected chi connectivity index (χ2v) is 8.71. The number of nitrogens with zero attached hydrogens (tertiary/aromatic N) is 8. The molecule has 0 atom stereocenters. The topological polar surface area (TPSA) is 132 Å². The molecule has 0 fully saturated rings. The van der Waals surface area contributed by atoms with Crippen LogP contribution in [-0.2, 0) is 11.3 Å². The molecule has 38 heavy (non-hydrogen) atoms. The predicted molar refractivity (Wildman–Crippen MR) is 137 cm³/mol. The Balaban J connectivity index is 1.51. The number of halogens is 2. The molecule has 0 amide bonds. The van der Waals surface area contributed by atoms with Gasteiger partial charge in [0.1, 0.15) is 11.4 Å². The third-order valence-electron chi connectivity index (χ3n) is 5.56. The Hall–Kier alpha value is -4.55. The van der Waals surface area contributed by atoms with Gasteiger partial charge in [0.05, 0.1) is 50.7 Å². The number of rotatable bonds is 7. The first-order valence-corrected chi connectivity index (χ1v) is 11.7. The van der Waals surface area contributed by atoms with Gasteiger partial charge in [0.25, 0.3) is 5.56 Å². The number of hydrogen-bond donors (Lipinski definition) is 0. The molecule has 0 aliphatic heterocycles. The molecular weight excluding hydrogens is 535 g/mol. The summed E-state index contributed by atoms with van der Waals surface area (Å²) in [6, 6.07) is 9.90. The minimum Gasteiger partial charge on any atom is -0.495 e. The van der Waals surface area contributed by atoms with Crippen molar-refractivity contribution in [3.05, 3.63) is 93.1 Å². The fraction of sp³-hybridized carbons (Fsp3) is 0.125. The SMILES string of the molecule is COC(=O)c1ncccc1-n1cc(Cn2cc(OC)c(-c3cc(Cl)ccc3-n3cc(Cl)nn3)cc2=O)nn1. The first-order valence-electron chi connectivity index (χ1n) is 11.0. The van der Waals surface area contributed by atoms with Gasteiger partial charge in [-0.05, 0) is 30.3 Å². The molecule has 0 aliphatic carbocycles. The van der Waals surface area contributed by atoms with Crippen molar-refractivity contribution in [2.45, 2.75) is 6.54 Å². The van der Waals surface area contributed by atoms with Crippen molar-refractivity contribution in [1.82, 2.24) is 39.5 Å². The summed E-state index contributed by atoms with van der Waals surface area (Å²) in [5, 5.41) is 16.7. The first-order chi connectivity index (χ1) is 18.4. The molecule has 1 aromatic carbocycles. The Kier molecular flexibility index (Phi) is 6.90. The summed E-state index contributed by atoms with van der Waals surface area (Å²) in [6.45, 7) is 0.0877. The van der Waals surface area contributed by atoms with E-state index in [0.29, 0.717) is 39.0 Å². The van der Waals surface area contributed by atoms with Crippen molar-refractivity contribution >= 4 is 29.2 Å². The number of benzene rings is 1. The maximum atomic E-state index is 13.2. The van der Waals surface area contributed by atoms with Crippen molar-refractivity contribution < 1.29 is 14.3 Å². The van der Waals surface area contributed by atoms with Crippen molar-refractivity contribution in [3.8, 4) is 28.3 Å². The van der Waals surface area contributed by atoms with E-state index in [0.717, 1.165) is 0 Å². The predicted octanol–water partition coefficient (Wildman–Crippen LogP) is 3.22. The Morgan fingerprint density at radius 2 is 1.74 bits per heavy atom. The zero-order chi connectivity index (χ0) is 26.8. The molecule has 4 aromatic heterocycles. The number of carbonyl (C=O) groups is 1. The second kappa shape index (κ2) is 10.4. The van der Waals surface area contributed by atoms with E-state index in [4.69, 9.17) is 32.7 Å². The van der Waals surface area contributed by atoms with Crippen LogP contribution in [0.3, 0.4) is 0 Å². The zero-order valence-electron chi connectivity index (χ0n) is 19.9. The number of pyridine rings is 2. The van der Waals surface area contributed by atoms with E-state index in [2.05, 4.69) is 25.6 Å². The average molecular weight is 553 g/mol. The van der Waals surface area contributed by atoms with Crippen LogP contribution in [0.1, 0.15) is 16.2 Å². The van der Waals surface area contributed by atoms with Gasteiger partial charge in [-0.15, -0.1) is 10.2 Å². The molecule has 14 heteroatoms. The maximum absolute atomic E-state index is 13.2. The van der Waals surface area contributed by atoms with Gasteiger partial charge in [0, 0.05) is 28.4 Å². The van der Waals surface area contributed by atoms with Gasteiger partial charge in [0.2, 0.25) is 0 Å². The summed E-state index contributed by atoms with van der Waals surface area (Å²) in [7, 11) is 2.77. The summed E-state index contributed by atoms with van der Waals surface area (Å²) in [5.41, 5.74) is 2.31. The molecule has 0 bridgehead atoms. The summed E-state index contributed by atoms with van der Waals surface area (Å²) in [6.07, 6.45) is 6.18. The van der Waals surface area contributed by atoms with Crippen LogP contribution >= 0.6 is 23.2 Å². The van der Waals surface area contributed by atoms with Crippen molar-refractivity contribution in [3.63, 3.8) is 0 Å². The number of carbonyl (C=O) groups excluding carboxylic acids is 1. The van der Waals surface area contributed by atoms with E-state index in [-0.39, 0.29) is 23.0 Å². The van der Waals surface area contributed by atoms with Gasteiger partial charge in [-0.1, -0.05) is 33.6 Å². The largest absolute Gasteiger partial charge is 0.495 e. The minimum atomic E-state index is -0.609. The average Bonchev–Trinajstić information content (AvgIpc) is 3.58. The molecular formula is C24H18Cl2N8O4. The minimum absolute atomic E-state index is 0.0839. The molecule has 192 valence electrons. The van der Waals surface area contributed by atoms with E-state index >= 15 is 0 Å². The highest BCUT2D eigenvalue weighted by Crippen LogP contribution is 2.35. The molecule has 4 heterocycles. The monoisotopic (exact) mass is 552 g/mol. The van der Waals surface area contributed by atoms with E-state index in [1.807, 2.05) is 0 Å². The molecule has 0 radical (unpaired) electrons. The number of ether oxygens (including phenoxy) is 2. The summed E-state index contributed by atoms with van der Waals surface area (Å²) >= 11 is 12.2. The molecule has 0 N–H and O–H groups in total. The standard InChI is InChI=1S/C24H18Cl2N8O4/c1-37-20-12-32(10-15-11-33(30-28-15)19-4-3-7-27-23(19)24(36)38-2)22(35)9-17(20)16-8-14(25)5-6-18(16)34-13-21(26)29-31-34/h3-9,11-13H,10H2,1-2H3. The highest BCUT2D eigenvalue weighted by Gasteiger charge is 2.19. The molecule has 0 unspecified atom stereocenters. The summed E-state index contributed by atoms with van der Waals surface area (Å²) < 4.78 is 14.7. The van der Waals surface area contributed by atoms with Gasteiger partial charge in [-0.2, -0.15) is 0 Å². The Morgan fingerprint density at radius 1 is 0.947 bits per heavy atom. The van der Waals surface area contributed by atoms with Crippen molar-refractivity contribution in [2.75, 3.05) is 14.2 Å². The Morgan fingerprint density at radius 3 is 2.47 bits per heavy atom. The maximum Gasteiger partial charge on any atom is 0.358 e. The van der Waals surface area contributed by atoms with Crippen LogP contribution < -0.4 is 10.3 Å². The highest BCUT2D eigenvalue weighted by atomic mass is 35.5. The van der Waals surface area contributed by atoms with E-state index < -0.39 is 5.97 Å². The molecule has 0 spiro atoms. The molecule has 0 saturated carbocycles. The smallest absolute Gasteiger partial charge is 0.358 e. The van der Waals surface area contributed by atoms with E-state index in [1.165, 1.54) is 40.4 Å². The molecule has 5 rings (SSSR count). The van der Waals surface area contributed by atoms with Gasteiger partial charge in [0.15, 0.2) is 10.8 Å². The molecule has 0 saturated heterocycles. The third kappa shape index (κ3) is 4.86. The molecule has 5 aromatic rings. The van der Waals surface area contributed by atoms with Crippen LogP contribution in [0.15, 0.2) is 66.0 Å². The van der Waals surface area contributed by atoms with Crippen LogP contribution in [0.5, 0.6) is 5.75 Å². The second-order valence-electron chi connectivity index (χ2n) is 7.89. The van der Waals surface area contributed by atoms with Crippen LogP contribution in [0, 0.1) is 0 Å². The van der Waals surface area contributed by atoms with Crippen molar-refractivity contribution in [2.24, 2.45) is 0 Å². The number of esters is 1. The quantitative estimate of drug-likeness (QED) is 0.279. The van der Waals surface area contributed by atoms with E-state index in [1.54, 1.807) is 48.9 Å². The van der Waals surface area contributed by atoms with E-state index in [9.17, 15) is 9.59 Å². The van der Waals surface area contributed by atoms with Gasteiger partial charge < -0.3 is 14.0 Å². The summed E-state index contributed by atoms with van der Waals surface area (Å²) in [4.78, 5) is 29.3.